The van der Waals surface area contributed by atoms with Gasteiger partial charge in [-0.2, -0.15) is 0 Å². The third-order valence-corrected chi connectivity index (χ3v) is 6.45. The van der Waals surface area contributed by atoms with Crippen molar-refractivity contribution in [2.75, 3.05) is 12.4 Å². The van der Waals surface area contributed by atoms with Crippen LogP contribution in [0.4, 0.5) is 0 Å². The van der Waals surface area contributed by atoms with Gasteiger partial charge in [-0.05, 0) is 29.0 Å². The maximum Gasteiger partial charge on any atom is 0.370 e. The largest absolute Gasteiger partial charge is 0.478 e. The van der Waals surface area contributed by atoms with Gasteiger partial charge in [-0.25, -0.2) is 9.79 Å². The second kappa shape index (κ2) is 12.5. The molecule has 5 atom stereocenters. The Labute approximate surface area is 216 Å². The van der Waals surface area contributed by atoms with Crippen LogP contribution >= 0.6 is 11.8 Å². The molecule has 1 aliphatic heterocycles. The molecule has 2 amide bonds. The summed E-state index contributed by atoms with van der Waals surface area (Å²) < 4.78 is 5.28. The molecule has 0 aromatic heterocycles. The predicted octanol–water partition coefficient (Wildman–Crippen LogP) is -0.682. The number of aliphatic imine (C=N–C) groups is 1. The zero-order chi connectivity index (χ0) is 27.1. The number of nitrogens with zero attached hydrogens (tertiary/aromatic N) is 1. The molecular weight excluding hydrogens is 504 g/mol. The van der Waals surface area contributed by atoms with Crippen LogP contribution in [0.5, 0.6) is 0 Å². The molecule has 0 bridgehead atoms. The summed E-state index contributed by atoms with van der Waals surface area (Å²) in [6, 6.07) is 11.2. The molecule has 0 spiro atoms. The van der Waals surface area contributed by atoms with Gasteiger partial charge in [0.15, 0.2) is 5.96 Å². The highest BCUT2D eigenvalue weighted by Crippen LogP contribution is 2.25. The van der Waals surface area contributed by atoms with E-state index >= 15 is 0 Å². The van der Waals surface area contributed by atoms with Crippen LogP contribution < -0.4 is 16.4 Å². The smallest absolute Gasteiger partial charge is 0.370 e. The summed E-state index contributed by atoms with van der Waals surface area (Å²) in [7, 11) is 0. The number of benzene rings is 2. The first-order valence-electron chi connectivity index (χ1n) is 11.2. The SMILES string of the molecule is CC(=O)N[C@H]1C([C@H](O)[C@H](O)CO)OC(C(=O)O)=C[C@@H]1N=C(N)NC(=O)CSc1ccc2ccccc2c1. The van der Waals surface area contributed by atoms with E-state index in [9.17, 15) is 34.8 Å². The molecule has 2 aromatic carbocycles. The summed E-state index contributed by atoms with van der Waals surface area (Å²) in [5, 5.41) is 45.9. The molecule has 8 N–H and O–H groups in total. The molecule has 12 nitrogen and oxygen atoms in total. The number of carboxylic acid groups (broad SMARTS) is 1. The molecule has 0 aliphatic carbocycles. The number of hydrogen-bond donors (Lipinski definition) is 7. The molecule has 1 aliphatic rings. The highest BCUT2D eigenvalue weighted by molar-refractivity contribution is 8.00. The second-order valence-electron chi connectivity index (χ2n) is 8.24. The number of carbonyl (C=O) groups excluding carboxylic acids is 2. The zero-order valence-electron chi connectivity index (χ0n) is 19.8. The Hall–Kier alpha value is -3.65. The molecule has 0 radical (unpaired) electrons. The highest BCUT2D eigenvalue weighted by Gasteiger charge is 2.43. The molecule has 0 saturated carbocycles. The van der Waals surface area contributed by atoms with Gasteiger partial charge < -0.3 is 36.2 Å². The number of hydrogen-bond acceptors (Lipinski definition) is 9. The lowest BCUT2D eigenvalue weighted by atomic mass is 9.92. The number of rotatable bonds is 9. The molecule has 198 valence electrons. The van der Waals surface area contributed by atoms with Crippen molar-refractivity contribution in [1.29, 1.82) is 0 Å². The lowest BCUT2D eigenvalue weighted by Crippen LogP contribution is -2.60. The second-order valence-corrected chi connectivity index (χ2v) is 9.28. The quantitative estimate of drug-likeness (QED) is 0.123. The van der Waals surface area contributed by atoms with E-state index in [2.05, 4.69) is 15.6 Å². The van der Waals surface area contributed by atoms with Crippen LogP contribution in [0.25, 0.3) is 10.8 Å². The van der Waals surface area contributed by atoms with Crippen molar-refractivity contribution in [2.45, 2.75) is 42.2 Å². The van der Waals surface area contributed by atoms with Gasteiger partial charge in [-0.1, -0.05) is 30.3 Å². The maximum atomic E-state index is 12.5. The van der Waals surface area contributed by atoms with E-state index in [0.717, 1.165) is 21.7 Å². The number of aliphatic hydroxyl groups is 3. The van der Waals surface area contributed by atoms with Gasteiger partial charge in [0.2, 0.25) is 17.6 Å². The lowest BCUT2D eigenvalue weighted by Gasteiger charge is -2.38. The number of carboxylic acids is 1. The molecule has 0 saturated heterocycles. The van der Waals surface area contributed by atoms with Crippen LogP contribution in [0.1, 0.15) is 6.92 Å². The molecular formula is C24H28N4O8S. The van der Waals surface area contributed by atoms with Crippen LogP contribution in [0.15, 0.2) is 64.2 Å². The molecule has 2 aromatic rings. The van der Waals surface area contributed by atoms with E-state index < -0.39 is 60.5 Å². The van der Waals surface area contributed by atoms with Gasteiger partial charge in [0, 0.05) is 11.8 Å². The number of thioether (sulfide) groups is 1. The molecule has 1 unspecified atom stereocenters. The molecule has 13 heteroatoms. The first-order chi connectivity index (χ1) is 17.6. The van der Waals surface area contributed by atoms with Gasteiger partial charge in [-0.3, -0.25) is 14.9 Å². The van der Waals surface area contributed by atoms with Gasteiger partial charge in [0.05, 0.1) is 24.4 Å². The van der Waals surface area contributed by atoms with E-state index in [1.807, 2.05) is 42.5 Å². The fourth-order valence-corrected chi connectivity index (χ4v) is 4.49. The number of aliphatic carboxylic acids is 1. The predicted molar refractivity (Wildman–Crippen MR) is 136 cm³/mol. The average molecular weight is 533 g/mol. The van der Waals surface area contributed by atoms with Crippen molar-refractivity contribution in [1.82, 2.24) is 10.6 Å². The minimum Gasteiger partial charge on any atom is -0.478 e. The monoisotopic (exact) mass is 532 g/mol. The van der Waals surface area contributed by atoms with Crippen LogP contribution in [-0.4, -0.2) is 86.9 Å². The van der Waals surface area contributed by atoms with Crippen molar-refractivity contribution in [3.63, 3.8) is 0 Å². The Balaban J connectivity index is 1.75. The topological polar surface area (TPSA) is 204 Å². The Morgan fingerprint density at radius 2 is 1.86 bits per heavy atom. The van der Waals surface area contributed by atoms with Crippen molar-refractivity contribution in [3.05, 3.63) is 54.3 Å². The van der Waals surface area contributed by atoms with Gasteiger partial charge in [0.25, 0.3) is 0 Å². The first-order valence-corrected chi connectivity index (χ1v) is 12.2. The summed E-state index contributed by atoms with van der Waals surface area (Å²) in [6.45, 7) is 0.333. The van der Waals surface area contributed by atoms with Crippen molar-refractivity contribution in [2.24, 2.45) is 10.7 Å². The average Bonchev–Trinajstić information content (AvgIpc) is 2.86. The van der Waals surface area contributed by atoms with Crippen LogP contribution in [0, 0.1) is 0 Å². The number of amides is 2. The number of aliphatic hydroxyl groups excluding tert-OH is 3. The Morgan fingerprint density at radius 3 is 2.51 bits per heavy atom. The van der Waals surface area contributed by atoms with E-state index in [0.29, 0.717) is 0 Å². The van der Waals surface area contributed by atoms with E-state index in [4.69, 9.17) is 10.5 Å². The minimum atomic E-state index is -1.78. The summed E-state index contributed by atoms with van der Waals surface area (Å²) >= 11 is 1.28. The summed E-state index contributed by atoms with van der Waals surface area (Å²) in [4.78, 5) is 40.8. The molecule has 37 heavy (non-hydrogen) atoms. The van der Waals surface area contributed by atoms with E-state index in [-0.39, 0.29) is 11.7 Å². The molecule has 0 fully saturated rings. The number of nitrogens with two attached hydrogens (primary N) is 1. The number of guanidine groups is 1. The van der Waals surface area contributed by atoms with Gasteiger partial charge in [0.1, 0.15) is 18.3 Å². The van der Waals surface area contributed by atoms with Crippen molar-refractivity contribution in [3.8, 4) is 0 Å². The number of fused-ring (bicyclic) bond motifs is 1. The molecule has 1 heterocycles. The van der Waals surface area contributed by atoms with Gasteiger partial charge in [-0.15, -0.1) is 11.8 Å². The number of ether oxygens (including phenoxy) is 1. The van der Waals surface area contributed by atoms with E-state index in [1.165, 1.54) is 18.7 Å². The normalized spacial score (nSPS) is 21.4. The summed E-state index contributed by atoms with van der Waals surface area (Å²) in [5.41, 5.74) is 5.90. The van der Waals surface area contributed by atoms with Gasteiger partial charge >= 0.3 is 5.97 Å². The minimum absolute atomic E-state index is 0.0116. The van der Waals surface area contributed by atoms with Crippen molar-refractivity contribution < 1.29 is 39.5 Å². The third-order valence-electron chi connectivity index (χ3n) is 5.45. The standard InChI is InChI=1S/C24H28N4O8S/c1-12(30)26-20-16(9-18(23(34)35)36-22(20)21(33)17(31)10-29)27-24(25)28-19(32)11-37-15-7-6-13-4-2-3-5-14(13)8-15/h2-9,16-17,20-22,29,31,33H,10-11H2,1H3,(H,26,30)(H,34,35)(H3,25,27,28,32)/t16-,17+,20+,21+,22?/m0/s1. The Kier molecular flexibility index (Phi) is 9.47. The highest BCUT2D eigenvalue weighted by atomic mass is 32.2. The lowest BCUT2D eigenvalue weighted by molar-refractivity contribution is -0.145. The Morgan fingerprint density at radius 1 is 1.16 bits per heavy atom. The Bertz CT molecular complexity index is 1220. The third kappa shape index (κ3) is 7.43. The summed E-state index contributed by atoms with van der Waals surface area (Å²) in [5.74, 6) is -3.49. The number of carbonyl (C=O) groups is 3. The van der Waals surface area contributed by atoms with Crippen LogP contribution in [0.3, 0.4) is 0 Å². The number of nitrogens with one attached hydrogen (secondary N) is 2. The van der Waals surface area contributed by atoms with Crippen LogP contribution in [-0.2, 0) is 19.1 Å². The first kappa shape index (κ1) is 27.9. The van der Waals surface area contributed by atoms with Crippen LogP contribution in [0.2, 0.25) is 0 Å². The fourth-order valence-electron chi connectivity index (χ4n) is 3.74. The zero-order valence-corrected chi connectivity index (χ0v) is 20.6. The molecule has 3 rings (SSSR count). The van der Waals surface area contributed by atoms with Crippen molar-refractivity contribution >= 4 is 46.3 Å². The van der Waals surface area contributed by atoms with E-state index in [1.54, 1.807) is 0 Å². The maximum absolute atomic E-state index is 12.5. The summed E-state index contributed by atoms with van der Waals surface area (Å²) in [6.07, 6.45) is -3.91. The fraction of sp³-hybridized carbons (Fsp3) is 0.333.